The highest BCUT2D eigenvalue weighted by Gasteiger charge is 2.29. The average Bonchev–Trinajstić information content (AvgIpc) is 3.57. The van der Waals surface area contributed by atoms with Gasteiger partial charge in [-0.3, -0.25) is 32.5 Å². The number of carbonyl (C=O) groups excluding carboxylic acids is 3. The molecule has 93 heavy (non-hydrogen) atoms. The van der Waals surface area contributed by atoms with Gasteiger partial charge in [0.15, 0.2) is 6.10 Å². The smallest absolute Gasteiger partial charge is 0.463 e. The molecular formula is C75H128O16P2. The molecule has 0 saturated heterocycles. The van der Waals surface area contributed by atoms with E-state index in [2.05, 4.69) is 142 Å². The summed E-state index contributed by atoms with van der Waals surface area (Å²) in [6.07, 6.45) is 78.0. The van der Waals surface area contributed by atoms with Crippen LogP contribution in [0.2, 0.25) is 0 Å². The molecule has 0 aromatic carbocycles. The van der Waals surface area contributed by atoms with Gasteiger partial charge in [-0.25, -0.2) is 9.13 Å². The summed E-state index contributed by atoms with van der Waals surface area (Å²) in [5.41, 5.74) is 0. The number of hydrogen-bond acceptors (Lipinski definition) is 14. The molecule has 0 fully saturated rings. The van der Waals surface area contributed by atoms with Crippen molar-refractivity contribution in [3.8, 4) is 0 Å². The quantitative estimate of drug-likeness (QED) is 0.0146. The number of carbonyl (C=O) groups is 3. The van der Waals surface area contributed by atoms with Crippen molar-refractivity contribution in [2.24, 2.45) is 0 Å². The Balaban J connectivity index is 4.76. The maximum atomic E-state index is 13.0. The molecule has 0 heterocycles. The van der Waals surface area contributed by atoms with Crippen molar-refractivity contribution >= 4 is 33.6 Å². The van der Waals surface area contributed by atoms with Crippen LogP contribution in [0.1, 0.15) is 278 Å². The van der Waals surface area contributed by atoms with Crippen LogP contribution in [0.4, 0.5) is 0 Å². The molecule has 0 aromatic rings. The largest absolute Gasteiger partial charge is 0.472 e. The highest BCUT2D eigenvalue weighted by Crippen LogP contribution is 2.45. The lowest BCUT2D eigenvalue weighted by Gasteiger charge is -2.21. The topological polar surface area (TPSA) is 231 Å². The standard InChI is InChI=1S/C75H128O16P2/c1-4-7-10-13-16-19-22-25-28-31-34-37-40-43-46-49-52-55-58-61-73(78)85-64-70(76)65-87-92(81,82)88-66-71(77)67-89-93(83,84)90-69-72(91-75(80)63-60-57-54-51-48-45-42-39-36-33-30-27-24-21-18-15-12-9-6-3)68-86-74(79)62-59-56-53-50-47-44-41-38-35-32-29-26-23-20-17-14-11-8-5-2/h7,10,16-21,25-30,34-39,70-72,76-77H,4-6,8-9,11-15,22-24,31-33,40-69H2,1-3H3,(H,81,82)(H,83,84)/b10-7-,19-16-,20-17-,21-18-,28-25-,29-26-,30-27-,37-34-,38-35-,39-36-. The van der Waals surface area contributed by atoms with Gasteiger partial charge < -0.3 is 34.2 Å². The molecule has 0 aromatic heterocycles. The number of phosphoric ester groups is 2. The Hall–Kier alpha value is -4.05. The van der Waals surface area contributed by atoms with Crippen molar-refractivity contribution in [2.45, 2.75) is 296 Å². The number of aliphatic hydroxyl groups excluding tert-OH is 2. The zero-order valence-electron chi connectivity index (χ0n) is 57.9. The minimum atomic E-state index is -4.94. The number of allylic oxidation sites excluding steroid dienone is 20. The summed E-state index contributed by atoms with van der Waals surface area (Å²) < 4.78 is 61.0. The molecule has 0 saturated carbocycles. The summed E-state index contributed by atoms with van der Waals surface area (Å²) >= 11 is 0. The monoisotopic (exact) mass is 1350 g/mol. The third-order valence-corrected chi connectivity index (χ3v) is 16.5. The van der Waals surface area contributed by atoms with E-state index >= 15 is 0 Å². The van der Waals surface area contributed by atoms with Crippen LogP contribution in [0.25, 0.3) is 0 Å². The van der Waals surface area contributed by atoms with Crippen LogP contribution in [0, 0.1) is 0 Å². The first-order valence-electron chi connectivity index (χ1n) is 35.8. The number of hydrogen-bond donors (Lipinski definition) is 4. The van der Waals surface area contributed by atoms with Crippen LogP contribution in [-0.2, 0) is 55.8 Å². The predicted molar refractivity (Wildman–Crippen MR) is 380 cm³/mol. The number of ether oxygens (including phenoxy) is 3. The minimum absolute atomic E-state index is 0.0839. The molecule has 0 amide bonds. The van der Waals surface area contributed by atoms with Crippen molar-refractivity contribution in [3.05, 3.63) is 122 Å². The highest BCUT2D eigenvalue weighted by molar-refractivity contribution is 7.47. The average molecular weight is 1350 g/mol. The number of esters is 3. The molecule has 4 N–H and O–H groups in total. The van der Waals surface area contributed by atoms with E-state index in [1.165, 1.54) is 38.5 Å². The Kier molecular flexibility index (Phi) is 65.0. The summed E-state index contributed by atoms with van der Waals surface area (Å²) in [6.45, 7) is 2.46. The molecule has 16 nitrogen and oxygen atoms in total. The summed E-state index contributed by atoms with van der Waals surface area (Å²) in [5.74, 6) is -1.62. The van der Waals surface area contributed by atoms with Crippen LogP contribution >= 0.6 is 15.6 Å². The predicted octanol–water partition coefficient (Wildman–Crippen LogP) is 20.2. The molecule has 0 rings (SSSR count). The van der Waals surface area contributed by atoms with Crippen LogP contribution in [0.3, 0.4) is 0 Å². The molecule has 18 heteroatoms. The lowest BCUT2D eigenvalue weighted by Crippen LogP contribution is -2.30. The molecule has 0 radical (unpaired) electrons. The maximum absolute atomic E-state index is 13.0. The van der Waals surface area contributed by atoms with E-state index in [1.807, 2.05) is 0 Å². The van der Waals surface area contributed by atoms with Crippen molar-refractivity contribution in [1.82, 2.24) is 0 Å². The Bertz CT molecular complexity index is 2180. The van der Waals surface area contributed by atoms with Gasteiger partial charge in [0.05, 0.1) is 26.4 Å². The van der Waals surface area contributed by atoms with E-state index in [9.17, 15) is 43.5 Å². The second-order valence-corrected chi connectivity index (χ2v) is 26.6. The summed E-state index contributed by atoms with van der Waals surface area (Å²) in [5, 5.41) is 20.6. The number of unbranched alkanes of at least 4 members (excludes halogenated alkanes) is 24. The summed E-state index contributed by atoms with van der Waals surface area (Å²) in [7, 11) is -9.80. The van der Waals surface area contributed by atoms with Crippen molar-refractivity contribution in [3.63, 3.8) is 0 Å². The van der Waals surface area contributed by atoms with Crippen LogP contribution in [-0.4, -0.2) is 95.9 Å². The summed E-state index contributed by atoms with van der Waals surface area (Å²) in [4.78, 5) is 58.5. The first-order chi connectivity index (χ1) is 45.2. The second-order valence-electron chi connectivity index (χ2n) is 23.6. The number of aliphatic hydroxyl groups is 2. The SMILES string of the molecule is CC/C=C\C/C=C\C/C=C\C/C=C\CCCCCCCCC(=O)OCC(O)COP(=O)(O)OCC(O)COP(=O)(O)OCC(COC(=O)CCCCCCCC/C=C\C/C=C\C/C=C\CCCCC)OC(=O)CCCCCCCC/C=C\C/C=C\C/C=C\CCCCC. The van der Waals surface area contributed by atoms with Gasteiger partial charge in [0.1, 0.15) is 25.4 Å². The molecule has 0 aliphatic rings. The van der Waals surface area contributed by atoms with Gasteiger partial charge in [-0.1, -0.05) is 245 Å². The van der Waals surface area contributed by atoms with Gasteiger partial charge in [0.2, 0.25) is 0 Å². The summed E-state index contributed by atoms with van der Waals surface area (Å²) in [6, 6.07) is 0. The molecule has 5 atom stereocenters. The molecule has 0 aliphatic carbocycles. The molecular weight excluding hydrogens is 1220 g/mol. The lowest BCUT2D eigenvalue weighted by molar-refractivity contribution is -0.161. The molecule has 0 bridgehead atoms. The van der Waals surface area contributed by atoms with Gasteiger partial charge >= 0.3 is 33.6 Å². The van der Waals surface area contributed by atoms with Crippen LogP contribution in [0.5, 0.6) is 0 Å². The first kappa shape index (κ1) is 89.0. The fourth-order valence-electron chi connectivity index (χ4n) is 9.16. The number of phosphoric acid groups is 2. The van der Waals surface area contributed by atoms with E-state index < -0.39 is 91.5 Å². The Labute approximate surface area is 563 Å². The Morgan fingerprint density at radius 2 is 0.570 bits per heavy atom. The van der Waals surface area contributed by atoms with E-state index in [1.54, 1.807) is 0 Å². The van der Waals surface area contributed by atoms with Gasteiger partial charge in [-0.15, -0.1) is 0 Å². The van der Waals surface area contributed by atoms with Crippen molar-refractivity contribution < 1.29 is 75.8 Å². The van der Waals surface area contributed by atoms with E-state index in [0.29, 0.717) is 19.3 Å². The van der Waals surface area contributed by atoms with Crippen LogP contribution in [0.15, 0.2) is 122 Å². The number of rotatable bonds is 67. The first-order valence-corrected chi connectivity index (χ1v) is 38.8. The van der Waals surface area contributed by atoms with Gasteiger partial charge in [0, 0.05) is 19.3 Å². The normalized spacial score (nSPS) is 14.9. The zero-order chi connectivity index (χ0) is 68.1. The third-order valence-electron chi connectivity index (χ3n) is 14.6. The third kappa shape index (κ3) is 69.1. The zero-order valence-corrected chi connectivity index (χ0v) is 59.7. The van der Waals surface area contributed by atoms with E-state index in [-0.39, 0.29) is 19.3 Å². The van der Waals surface area contributed by atoms with Crippen molar-refractivity contribution in [2.75, 3.05) is 39.6 Å². The molecule has 0 spiro atoms. The maximum Gasteiger partial charge on any atom is 0.472 e. The van der Waals surface area contributed by atoms with Crippen LogP contribution < -0.4 is 0 Å². The fourth-order valence-corrected chi connectivity index (χ4v) is 10.7. The van der Waals surface area contributed by atoms with E-state index in [0.717, 1.165) is 180 Å². The van der Waals surface area contributed by atoms with Gasteiger partial charge in [0.25, 0.3) is 0 Å². The fraction of sp³-hybridized carbons (Fsp3) is 0.693. The van der Waals surface area contributed by atoms with Crippen molar-refractivity contribution in [1.29, 1.82) is 0 Å². The highest BCUT2D eigenvalue weighted by atomic mass is 31.2. The Morgan fingerprint density at radius 1 is 0.312 bits per heavy atom. The molecule has 534 valence electrons. The molecule has 5 unspecified atom stereocenters. The molecule has 0 aliphatic heterocycles. The van der Waals surface area contributed by atoms with Gasteiger partial charge in [-0.05, 0) is 135 Å². The lowest BCUT2D eigenvalue weighted by atomic mass is 10.1. The van der Waals surface area contributed by atoms with E-state index in [4.69, 9.17) is 32.3 Å². The van der Waals surface area contributed by atoms with Gasteiger partial charge in [-0.2, -0.15) is 0 Å². The Morgan fingerprint density at radius 3 is 0.903 bits per heavy atom. The second kappa shape index (κ2) is 67.9. The minimum Gasteiger partial charge on any atom is -0.463 e.